The van der Waals surface area contributed by atoms with Crippen LogP contribution in [0.5, 0.6) is 0 Å². The summed E-state index contributed by atoms with van der Waals surface area (Å²) in [5, 5.41) is 15.3. The first kappa shape index (κ1) is 25.4. The van der Waals surface area contributed by atoms with Gasteiger partial charge in [0.2, 0.25) is 0 Å². The first-order valence-corrected chi connectivity index (χ1v) is 10.4. The number of hydrogen-bond donors (Lipinski definition) is 1. The number of alkyl halides is 3. The molecular weight excluding hydrogens is 465 g/mol. The van der Waals surface area contributed by atoms with Crippen molar-refractivity contribution >= 4 is 23.6 Å². The summed E-state index contributed by atoms with van der Waals surface area (Å²) >= 11 is 0. The molecule has 182 valence electrons. The molecule has 2 aromatic heterocycles. The molecule has 0 fully saturated rings. The van der Waals surface area contributed by atoms with Crippen molar-refractivity contribution in [2.24, 2.45) is 0 Å². The number of anilines is 2. The van der Waals surface area contributed by atoms with E-state index in [1.54, 1.807) is 49.6 Å². The van der Waals surface area contributed by atoms with Crippen molar-refractivity contribution in [2.75, 3.05) is 30.4 Å². The Labute approximate surface area is 198 Å². The largest absolute Gasteiger partial charge is 0.411 e. The molecule has 1 aliphatic rings. The van der Waals surface area contributed by atoms with Gasteiger partial charge in [-0.25, -0.2) is 4.98 Å². The third kappa shape index (κ3) is 6.64. The SMILES string of the molecule is CNc1ccnc(C#N)c1.O=Cc1cnn2c1C(=O)N(c1ccc(COCC(F)(F)F)cc1)CC2. The fraction of sp³-hybridized carbons (Fsp3) is 0.261. The monoisotopic (exact) mass is 486 g/mol. The summed E-state index contributed by atoms with van der Waals surface area (Å²) in [6, 6.07) is 11.9. The first-order valence-electron chi connectivity index (χ1n) is 10.4. The molecule has 0 radical (unpaired) electrons. The standard InChI is InChI=1S/C16H14F3N3O3.C7H7N3/c17-16(18,19)10-25-9-11-1-3-13(4-2-11)21-5-6-22-14(15(21)24)12(8-23)7-20-22;1-9-6-2-3-10-7(4-6)5-8/h1-4,7-8H,5-6,9-10H2;2-4H,1H3,(H,9,10). The number of ether oxygens (including phenoxy) is 1. The maximum absolute atomic E-state index is 12.6. The topological polar surface area (TPSA) is 113 Å². The second-order valence-corrected chi connectivity index (χ2v) is 7.31. The highest BCUT2D eigenvalue weighted by Crippen LogP contribution is 2.23. The van der Waals surface area contributed by atoms with Gasteiger partial charge >= 0.3 is 6.18 Å². The van der Waals surface area contributed by atoms with Crippen LogP contribution >= 0.6 is 0 Å². The zero-order valence-corrected chi connectivity index (χ0v) is 18.6. The average Bonchev–Trinajstić information content (AvgIpc) is 3.29. The van der Waals surface area contributed by atoms with Gasteiger partial charge in [0, 0.05) is 31.2 Å². The van der Waals surface area contributed by atoms with Gasteiger partial charge < -0.3 is 15.0 Å². The van der Waals surface area contributed by atoms with Crippen LogP contribution in [0.4, 0.5) is 24.5 Å². The Morgan fingerprint density at radius 2 is 1.97 bits per heavy atom. The van der Waals surface area contributed by atoms with E-state index >= 15 is 0 Å². The molecule has 0 saturated heterocycles. The van der Waals surface area contributed by atoms with Crippen molar-refractivity contribution in [3.63, 3.8) is 0 Å². The van der Waals surface area contributed by atoms with Crippen molar-refractivity contribution in [3.05, 3.63) is 71.3 Å². The summed E-state index contributed by atoms with van der Waals surface area (Å²) in [4.78, 5) is 28.9. The first-order chi connectivity index (χ1) is 16.8. The number of hydrogen-bond acceptors (Lipinski definition) is 7. The Morgan fingerprint density at radius 3 is 2.60 bits per heavy atom. The number of aromatic nitrogens is 3. The highest BCUT2D eigenvalue weighted by Gasteiger charge is 2.29. The van der Waals surface area contributed by atoms with E-state index in [1.165, 1.54) is 15.8 Å². The van der Waals surface area contributed by atoms with Gasteiger partial charge in [0.25, 0.3) is 5.91 Å². The van der Waals surface area contributed by atoms with E-state index in [0.717, 1.165) is 5.69 Å². The normalized spacial score (nSPS) is 12.8. The van der Waals surface area contributed by atoms with E-state index in [1.807, 2.05) is 6.07 Å². The van der Waals surface area contributed by atoms with Crippen molar-refractivity contribution in [2.45, 2.75) is 19.3 Å². The van der Waals surface area contributed by atoms with Crippen LogP contribution in [-0.2, 0) is 17.9 Å². The molecule has 1 N–H and O–H groups in total. The van der Waals surface area contributed by atoms with Gasteiger partial charge in [0.05, 0.1) is 24.9 Å². The molecule has 0 unspecified atom stereocenters. The average molecular weight is 486 g/mol. The predicted molar refractivity (Wildman–Crippen MR) is 120 cm³/mol. The number of carbonyl (C=O) groups excluding carboxylic acids is 2. The summed E-state index contributed by atoms with van der Waals surface area (Å²) < 4.78 is 42.3. The number of fused-ring (bicyclic) bond motifs is 1. The number of aldehydes is 1. The van der Waals surface area contributed by atoms with Crippen LogP contribution in [0.1, 0.15) is 32.1 Å². The molecule has 4 rings (SSSR count). The number of amides is 1. The molecule has 3 heterocycles. The van der Waals surface area contributed by atoms with Crippen LogP contribution in [0, 0.1) is 11.3 Å². The van der Waals surface area contributed by atoms with Gasteiger partial charge in [-0.3, -0.25) is 14.3 Å². The molecule has 9 nitrogen and oxygen atoms in total. The number of rotatable bonds is 6. The zero-order valence-electron chi connectivity index (χ0n) is 18.6. The summed E-state index contributed by atoms with van der Waals surface area (Å²) in [6.45, 7) is -0.644. The number of nitrogens with one attached hydrogen (secondary N) is 1. The number of halogens is 3. The van der Waals surface area contributed by atoms with Gasteiger partial charge in [0.1, 0.15) is 24.1 Å². The van der Waals surface area contributed by atoms with E-state index in [9.17, 15) is 22.8 Å². The van der Waals surface area contributed by atoms with Crippen LogP contribution in [0.25, 0.3) is 0 Å². The Balaban J connectivity index is 0.000000287. The summed E-state index contributed by atoms with van der Waals surface area (Å²) in [6.07, 6.45) is -0.823. The quantitative estimate of drug-likeness (QED) is 0.531. The van der Waals surface area contributed by atoms with Crippen LogP contribution < -0.4 is 10.2 Å². The number of nitriles is 1. The van der Waals surface area contributed by atoms with E-state index in [0.29, 0.717) is 36.3 Å². The van der Waals surface area contributed by atoms with E-state index in [2.05, 4.69) is 20.1 Å². The molecule has 1 aromatic carbocycles. The molecule has 0 aliphatic carbocycles. The van der Waals surface area contributed by atoms with E-state index < -0.39 is 12.8 Å². The summed E-state index contributed by atoms with van der Waals surface area (Å²) in [7, 11) is 1.80. The van der Waals surface area contributed by atoms with Crippen LogP contribution in [-0.4, -0.2) is 53.3 Å². The second kappa shape index (κ2) is 11.3. The lowest BCUT2D eigenvalue weighted by Crippen LogP contribution is -2.41. The Bertz CT molecular complexity index is 1220. The van der Waals surface area contributed by atoms with Crippen molar-refractivity contribution in [1.82, 2.24) is 14.8 Å². The number of pyridine rings is 1. The fourth-order valence-corrected chi connectivity index (χ4v) is 3.26. The third-order valence-electron chi connectivity index (χ3n) is 4.92. The highest BCUT2D eigenvalue weighted by molar-refractivity contribution is 6.09. The highest BCUT2D eigenvalue weighted by atomic mass is 19.4. The Morgan fingerprint density at radius 1 is 1.23 bits per heavy atom. The van der Waals surface area contributed by atoms with Gasteiger partial charge in [-0.15, -0.1) is 0 Å². The minimum Gasteiger partial charge on any atom is -0.388 e. The molecule has 0 atom stereocenters. The molecule has 0 saturated carbocycles. The minimum atomic E-state index is -4.36. The molecule has 0 bridgehead atoms. The van der Waals surface area contributed by atoms with Crippen molar-refractivity contribution in [1.29, 1.82) is 5.26 Å². The molecule has 0 spiro atoms. The van der Waals surface area contributed by atoms with Gasteiger partial charge in [-0.05, 0) is 29.8 Å². The number of benzene rings is 1. The maximum Gasteiger partial charge on any atom is 0.411 e. The number of nitrogens with zero attached hydrogens (tertiary/aromatic N) is 5. The third-order valence-corrected chi connectivity index (χ3v) is 4.92. The van der Waals surface area contributed by atoms with Crippen LogP contribution in [0.2, 0.25) is 0 Å². The van der Waals surface area contributed by atoms with E-state index in [4.69, 9.17) is 5.26 Å². The smallest absolute Gasteiger partial charge is 0.388 e. The van der Waals surface area contributed by atoms with E-state index in [-0.39, 0.29) is 23.8 Å². The van der Waals surface area contributed by atoms with Crippen molar-refractivity contribution < 1.29 is 27.5 Å². The Hall–Kier alpha value is -4.24. The van der Waals surface area contributed by atoms with Gasteiger partial charge in [-0.1, -0.05) is 12.1 Å². The lowest BCUT2D eigenvalue weighted by atomic mass is 10.1. The Kier molecular flexibility index (Phi) is 8.17. The minimum absolute atomic E-state index is 0.171. The maximum atomic E-state index is 12.6. The van der Waals surface area contributed by atoms with Gasteiger partial charge in [-0.2, -0.15) is 23.5 Å². The predicted octanol–water partition coefficient (Wildman–Crippen LogP) is 3.43. The molecular formula is C23H21F3N6O3. The van der Waals surface area contributed by atoms with Gasteiger partial charge in [0.15, 0.2) is 6.29 Å². The lowest BCUT2D eigenvalue weighted by molar-refractivity contribution is -0.176. The lowest BCUT2D eigenvalue weighted by Gasteiger charge is -2.28. The molecule has 12 heteroatoms. The van der Waals surface area contributed by atoms with Crippen LogP contribution in [0.15, 0.2) is 48.8 Å². The molecule has 3 aromatic rings. The molecule has 1 amide bonds. The zero-order chi connectivity index (χ0) is 25.4. The number of carbonyl (C=O) groups is 2. The molecule has 35 heavy (non-hydrogen) atoms. The summed E-state index contributed by atoms with van der Waals surface area (Å²) in [5.74, 6) is -0.341. The van der Waals surface area contributed by atoms with Crippen LogP contribution in [0.3, 0.4) is 0 Å². The van der Waals surface area contributed by atoms with Crippen molar-refractivity contribution in [3.8, 4) is 6.07 Å². The summed E-state index contributed by atoms with van der Waals surface area (Å²) in [5.41, 5.74) is 2.97. The second-order valence-electron chi connectivity index (χ2n) is 7.31. The fourth-order valence-electron chi connectivity index (χ4n) is 3.26. The molecule has 1 aliphatic heterocycles.